The molecule has 0 aromatic carbocycles. The van der Waals surface area contributed by atoms with Crippen LogP contribution in [0.4, 0.5) is 5.82 Å². The Balaban J connectivity index is 0.00000144. The molecule has 2 aromatic rings. The minimum Gasteiger partial charge on any atom is -0.370 e. The second kappa shape index (κ2) is 6.17. The van der Waals surface area contributed by atoms with E-state index >= 15 is 0 Å². The fourth-order valence-electron chi connectivity index (χ4n) is 1.36. The number of hydrogen-bond donors (Lipinski definition) is 3. The maximum atomic E-state index is 5.46. The van der Waals surface area contributed by atoms with Crippen molar-refractivity contribution in [3.05, 3.63) is 24.2 Å². The molecule has 0 radical (unpaired) electrons. The number of nitrogens with two attached hydrogens (primary N) is 1. The van der Waals surface area contributed by atoms with Gasteiger partial charge in [0.05, 0.1) is 6.54 Å². The van der Waals surface area contributed by atoms with Gasteiger partial charge in [-0.1, -0.05) is 0 Å². The van der Waals surface area contributed by atoms with Crippen molar-refractivity contribution in [1.82, 2.24) is 20.2 Å². The van der Waals surface area contributed by atoms with Crippen LogP contribution in [-0.2, 0) is 6.54 Å². The second-order valence-corrected chi connectivity index (χ2v) is 3.27. The third-order valence-corrected chi connectivity index (χ3v) is 2.10. The van der Waals surface area contributed by atoms with Gasteiger partial charge in [-0.25, -0.2) is 9.97 Å². The van der Waals surface area contributed by atoms with E-state index < -0.39 is 0 Å². The number of nitrogens with one attached hydrogen (secondary N) is 2. The highest BCUT2D eigenvalue weighted by Gasteiger charge is 2.05. The van der Waals surface area contributed by atoms with E-state index in [4.69, 9.17) is 5.73 Å². The summed E-state index contributed by atoms with van der Waals surface area (Å²) in [7, 11) is 0. The fourth-order valence-corrected chi connectivity index (χ4v) is 1.36. The van der Waals surface area contributed by atoms with Crippen LogP contribution in [0.1, 0.15) is 12.7 Å². The van der Waals surface area contributed by atoms with Gasteiger partial charge >= 0.3 is 0 Å². The number of nitrogens with zero attached hydrogens (tertiary/aromatic N) is 3. The molecule has 0 unspecified atom stereocenters. The van der Waals surface area contributed by atoms with Crippen LogP contribution in [0.5, 0.6) is 0 Å². The molecule has 0 atom stereocenters. The van der Waals surface area contributed by atoms with Gasteiger partial charge in [0.2, 0.25) is 0 Å². The summed E-state index contributed by atoms with van der Waals surface area (Å²) in [6, 6.07) is 3.78. The molecule has 0 aliphatic rings. The lowest BCUT2D eigenvalue weighted by molar-refractivity contribution is 0.917. The summed E-state index contributed by atoms with van der Waals surface area (Å²) in [5.41, 5.74) is 6.38. The number of aromatic amines is 1. The smallest absolute Gasteiger partial charge is 0.181 e. The van der Waals surface area contributed by atoms with E-state index in [0.717, 1.165) is 17.9 Å². The molecule has 0 fully saturated rings. The first-order valence-electron chi connectivity index (χ1n) is 5.15. The van der Waals surface area contributed by atoms with Crippen LogP contribution in [0.2, 0.25) is 0 Å². The Labute approximate surface area is 105 Å². The topological polar surface area (TPSA) is 92.5 Å². The average Bonchev–Trinajstić information content (AvgIpc) is 2.78. The van der Waals surface area contributed by atoms with Gasteiger partial charge in [0.25, 0.3) is 0 Å². The molecule has 0 saturated carbocycles. The number of pyridine rings is 1. The standard InChI is InChI=1S/C10H14N6.ClH/c1-2-12-8-5-7(3-4-13-8)10-14-9(6-11)15-16-10;/h3-5H,2,6,11H2,1H3,(H,12,13)(H,14,15,16);1H. The van der Waals surface area contributed by atoms with Gasteiger partial charge in [0, 0.05) is 18.3 Å². The first-order valence-corrected chi connectivity index (χ1v) is 5.15. The zero-order valence-corrected chi connectivity index (χ0v) is 10.3. The molecule has 0 bridgehead atoms. The minimum atomic E-state index is 0. The summed E-state index contributed by atoms with van der Waals surface area (Å²) < 4.78 is 0. The Morgan fingerprint density at radius 1 is 1.47 bits per heavy atom. The van der Waals surface area contributed by atoms with E-state index in [-0.39, 0.29) is 12.4 Å². The molecule has 4 N–H and O–H groups in total. The summed E-state index contributed by atoms with van der Waals surface area (Å²) in [4.78, 5) is 8.43. The van der Waals surface area contributed by atoms with Crippen molar-refractivity contribution in [2.45, 2.75) is 13.5 Å². The third-order valence-electron chi connectivity index (χ3n) is 2.10. The lowest BCUT2D eigenvalue weighted by Gasteiger charge is -2.02. The van der Waals surface area contributed by atoms with Crippen LogP contribution in [0.3, 0.4) is 0 Å². The number of aromatic nitrogens is 4. The zero-order chi connectivity index (χ0) is 11.4. The van der Waals surface area contributed by atoms with Crippen LogP contribution < -0.4 is 11.1 Å². The van der Waals surface area contributed by atoms with Gasteiger partial charge in [-0.2, -0.15) is 5.10 Å². The predicted octanol–water partition coefficient (Wildman–Crippen LogP) is 1.18. The molecular formula is C10H15ClN6. The van der Waals surface area contributed by atoms with Crippen LogP contribution >= 0.6 is 12.4 Å². The van der Waals surface area contributed by atoms with Crippen molar-refractivity contribution in [3.8, 4) is 11.4 Å². The molecule has 6 nitrogen and oxygen atoms in total. The summed E-state index contributed by atoms with van der Waals surface area (Å²) >= 11 is 0. The van der Waals surface area contributed by atoms with Gasteiger partial charge in [-0.05, 0) is 19.1 Å². The lowest BCUT2D eigenvalue weighted by atomic mass is 10.2. The maximum absolute atomic E-state index is 5.46. The molecular weight excluding hydrogens is 240 g/mol. The molecule has 0 aliphatic heterocycles. The summed E-state index contributed by atoms with van der Waals surface area (Å²) in [6.45, 7) is 3.21. The Kier molecular flexibility index (Phi) is 4.86. The van der Waals surface area contributed by atoms with Gasteiger partial charge in [0.15, 0.2) is 5.82 Å². The first kappa shape index (κ1) is 13.4. The van der Waals surface area contributed by atoms with Crippen molar-refractivity contribution in [3.63, 3.8) is 0 Å². The molecule has 2 rings (SSSR count). The Morgan fingerprint density at radius 3 is 2.94 bits per heavy atom. The predicted molar refractivity (Wildman–Crippen MR) is 68.9 cm³/mol. The molecule has 17 heavy (non-hydrogen) atoms. The van der Waals surface area contributed by atoms with E-state index in [1.807, 2.05) is 19.1 Å². The van der Waals surface area contributed by atoms with E-state index in [1.165, 1.54) is 0 Å². The highest BCUT2D eigenvalue weighted by atomic mass is 35.5. The largest absolute Gasteiger partial charge is 0.370 e. The van der Waals surface area contributed by atoms with E-state index in [9.17, 15) is 0 Å². The van der Waals surface area contributed by atoms with Crippen LogP contribution in [0.25, 0.3) is 11.4 Å². The van der Waals surface area contributed by atoms with Crippen LogP contribution in [-0.4, -0.2) is 26.7 Å². The number of halogens is 1. The molecule has 92 valence electrons. The number of anilines is 1. The summed E-state index contributed by atoms with van der Waals surface area (Å²) in [5.74, 6) is 2.14. The maximum Gasteiger partial charge on any atom is 0.181 e. The Hall–Kier alpha value is -1.66. The normalized spacial score (nSPS) is 9.76. The molecule has 2 aromatic heterocycles. The van der Waals surface area contributed by atoms with Gasteiger partial charge in [-0.3, -0.25) is 5.10 Å². The molecule has 7 heteroatoms. The number of H-pyrrole nitrogens is 1. The van der Waals surface area contributed by atoms with Crippen molar-refractivity contribution < 1.29 is 0 Å². The van der Waals surface area contributed by atoms with Crippen LogP contribution in [0.15, 0.2) is 18.3 Å². The van der Waals surface area contributed by atoms with Crippen molar-refractivity contribution in [1.29, 1.82) is 0 Å². The SMILES string of the molecule is CCNc1cc(-c2n[nH]c(CN)n2)ccn1.Cl. The molecule has 0 saturated heterocycles. The van der Waals surface area contributed by atoms with Gasteiger partial charge < -0.3 is 11.1 Å². The molecule has 0 aliphatic carbocycles. The third kappa shape index (κ3) is 3.15. The average molecular weight is 255 g/mol. The van der Waals surface area contributed by atoms with Gasteiger partial charge in [0.1, 0.15) is 11.6 Å². The van der Waals surface area contributed by atoms with Crippen molar-refractivity contribution in [2.75, 3.05) is 11.9 Å². The van der Waals surface area contributed by atoms with E-state index in [2.05, 4.69) is 25.5 Å². The van der Waals surface area contributed by atoms with Crippen molar-refractivity contribution >= 4 is 18.2 Å². The first-order chi connectivity index (χ1) is 7.83. The molecule has 0 spiro atoms. The molecule has 0 amide bonds. The highest BCUT2D eigenvalue weighted by Crippen LogP contribution is 2.16. The van der Waals surface area contributed by atoms with Crippen LogP contribution in [0, 0.1) is 0 Å². The van der Waals surface area contributed by atoms with E-state index in [1.54, 1.807) is 6.20 Å². The Bertz CT molecular complexity index is 469. The number of rotatable bonds is 4. The Morgan fingerprint density at radius 2 is 2.29 bits per heavy atom. The van der Waals surface area contributed by atoms with Crippen molar-refractivity contribution in [2.24, 2.45) is 5.73 Å². The van der Waals surface area contributed by atoms with E-state index in [0.29, 0.717) is 18.2 Å². The lowest BCUT2D eigenvalue weighted by Crippen LogP contribution is -1.99. The second-order valence-electron chi connectivity index (χ2n) is 3.27. The minimum absolute atomic E-state index is 0. The number of hydrogen-bond acceptors (Lipinski definition) is 5. The summed E-state index contributed by atoms with van der Waals surface area (Å²) in [5, 5.41) is 10.0. The summed E-state index contributed by atoms with van der Waals surface area (Å²) in [6.07, 6.45) is 1.73. The molecule has 2 heterocycles. The zero-order valence-electron chi connectivity index (χ0n) is 9.47. The monoisotopic (exact) mass is 254 g/mol. The fraction of sp³-hybridized carbons (Fsp3) is 0.300. The highest BCUT2D eigenvalue weighted by molar-refractivity contribution is 5.85. The quantitative estimate of drug-likeness (QED) is 0.762. The van der Waals surface area contributed by atoms with Gasteiger partial charge in [-0.15, -0.1) is 12.4 Å².